The minimum Gasteiger partial charge on any atom is -0.395 e. The van der Waals surface area contributed by atoms with E-state index >= 15 is 0 Å². The highest BCUT2D eigenvalue weighted by Gasteiger charge is 2.03. The topological polar surface area (TPSA) is 40.5 Å². The lowest BCUT2D eigenvalue weighted by Gasteiger charge is -2.17. The smallest absolute Gasteiger partial charge is 0.210 e. The van der Waals surface area contributed by atoms with Crippen LogP contribution < -0.4 is 0 Å². The number of unbranched alkanes of at least 4 members (excludes halogenated alkanes) is 1. The number of aliphatic hydroxyl groups is 1. The van der Waals surface area contributed by atoms with Gasteiger partial charge >= 0.3 is 0 Å². The van der Waals surface area contributed by atoms with E-state index in [-0.39, 0.29) is 6.61 Å². The number of allylic oxidation sites excluding steroid dienone is 2. The lowest BCUT2D eigenvalue weighted by Crippen LogP contribution is -2.27. The maximum atomic E-state index is 10.6. The normalized spacial score (nSPS) is 11.2. The van der Waals surface area contributed by atoms with Crippen molar-refractivity contribution in [2.75, 3.05) is 19.7 Å². The van der Waals surface area contributed by atoms with Crippen molar-refractivity contribution >= 4 is 6.41 Å². The molecule has 0 fully saturated rings. The Balaban J connectivity index is 3.95. The van der Waals surface area contributed by atoms with E-state index < -0.39 is 0 Å². The Bertz CT molecular complexity index is 212. The summed E-state index contributed by atoms with van der Waals surface area (Å²) in [4.78, 5) is 12.2. The van der Waals surface area contributed by atoms with Crippen molar-refractivity contribution in [1.82, 2.24) is 4.90 Å². The Morgan fingerprint density at radius 1 is 1.53 bits per heavy atom. The number of nitrogens with zero attached hydrogens (tertiary/aromatic N) is 1. The molecule has 0 heterocycles. The van der Waals surface area contributed by atoms with Crippen LogP contribution in [0.3, 0.4) is 0 Å². The minimum absolute atomic E-state index is 0.0163. The fourth-order valence-corrected chi connectivity index (χ4v) is 1.35. The first kappa shape index (κ1) is 13.9. The molecule has 3 heteroatoms. The molecular weight excluding hydrogens is 190 g/mol. The molecule has 0 aliphatic heterocycles. The molecule has 0 aliphatic rings. The van der Waals surface area contributed by atoms with Crippen molar-refractivity contribution in [3.05, 3.63) is 24.3 Å². The van der Waals surface area contributed by atoms with Gasteiger partial charge in [-0.25, -0.2) is 0 Å². The zero-order chi connectivity index (χ0) is 11.5. The predicted molar refractivity (Wildman–Crippen MR) is 62.5 cm³/mol. The summed E-state index contributed by atoms with van der Waals surface area (Å²) >= 11 is 0. The van der Waals surface area contributed by atoms with Crippen LogP contribution in [0.15, 0.2) is 24.3 Å². The van der Waals surface area contributed by atoms with Gasteiger partial charge in [-0.2, -0.15) is 0 Å². The molecule has 0 aromatic heterocycles. The molecular formula is C12H21NO2. The van der Waals surface area contributed by atoms with Gasteiger partial charge in [0.15, 0.2) is 0 Å². The first-order chi connectivity index (χ1) is 7.28. The molecule has 0 atom stereocenters. The van der Waals surface area contributed by atoms with E-state index in [0.717, 1.165) is 25.7 Å². The van der Waals surface area contributed by atoms with E-state index in [4.69, 9.17) is 5.11 Å². The highest BCUT2D eigenvalue weighted by molar-refractivity contribution is 5.47. The molecule has 0 saturated carbocycles. The van der Waals surface area contributed by atoms with Crippen molar-refractivity contribution < 1.29 is 9.90 Å². The summed E-state index contributed by atoms with van der Waals surface area (Å²) in [5, 5.41) is 8.73. The third kappa shape index (κ3) is 6.91. The van der Waals surface area contributed by atoms with Gasteiger partial charge in [0, 0.05) is 13.1 Å². The Morgan fingerprint density at radius 2 is 2.27 bits per heavy atom. The molecule has 0 rings (SSSR count). The monoisotopic (exact) mass is 211 g/mol. The van der Waals surface area contributed by atoms with Crippen molar-refractivity contribution in [2.24, 2.45) is 0 Å². The fraction of sp³-hybridized carbons (Fsp3) is 0.583. The molecule has 86 valence electrons. The maximum Gasteiger partial charge on any atom is 0.210 e. The van der Waals surface area contributed by atoms with E-state index in [9.17, 15) is 4.79 Å². The zero-order valence-corrected chi connectivity index (χ0v) is 9.48. The second-order valence-electron chi connectivity index (χ2n) is 3.43. The van der Waals surface area contributed by atoms with E-state index in [1.165, 1.54) is 5.57 Å². The molecule has 0 unspecified atom stereocenters. The van der Waals surface area contributed by atoms with Crippen molar-refractivity contribution in [1.29, 1.82) is 0 Å². The van der Waals surface area contributed by atoms with Gasteiger partial charge in [0.05, 0.1) is 6.61 Å². The molecule has 0 aliphatic carbocycles. The average Bonchev–Trinajstić information content (AvgIpc) is 2.26. The number of amides is 1. The minimum atomic E-state index is 0.0163. The van der Waals surface area contributed by atoms with Gasteiger partial charge in [-0.15, -0.1) is 6.58 Å². The van der Waals surface area contributed by atoms with Crippen molar-refractivity contribution in [3.63, 3.8) is 0 Å². The van der Waals surface area contributed by atoms with Crippen LogP contribution in [0.1, 0.15) is 26.2 Å². The Morgan fingerprint density at radius 3 is 2.73 bits per heavy atom. The van der Waals surface area contributed by atoms with E-state index in [1.54, 1.807) is 4.90 Å². The van der Waals surface area contributed by atoms with Crippen LogP contribution in [-0.4, -0.2) is 36.1 Å². The fourth-order valence-electron chi connectivity index (χ4n) is 1.35. The Labute approximate surface area is 92.1 Å². The third-order valence-corrected chi connectivity index (χ3v) is 2.26. The largest absolute Gasteiger partial charge is 0.395 e. The van der Waals surface area contributed by atoms with E-state index in [0.29, 0.717) is 13.1 Å². The predicted octanol–water partition coefficient (Wildman–Crippen LogP) is 1.74. The number of hydrogen-bond donors (Lipinski definition) is 1. The van der Waals surface area contributed by atoms with Gasteiger partial charge in [-0.1, -0.05) is 17.7 Å². The van der Waals surface area contributed by atoms with Crippen molar-refractivity contribution in [3.8, 4) is 0 Å². The number of carbonyl (C=O) groups excluding carboxylic acids is 1. The lowest BCUT2D eigenvalue weighted by atomic mass is 10.1. The number of hydrogen-bond acceptors (Lipinski definition) is 2. The summed E-state index contributed by atoms with van der Waals surface area (Å²) in [7, 11) is 0. The van der Waals surface area contributed by atoms with Crippen LogP contribution in [0.2, 0.25) is 0 Å². The number of aliphatic hydroxyl groups excluding tert-OH is 1. The van der Waals surface area contributed by atoms with Gasteiger partial charge in [0.2, 0.25) is 6.41 Å². The van der Waals surface area contributed by atoms with Gasteiger partial charge < -0.3 is 10.0 Å². The average molecular weight is 211 g/mol. The van der Waals surface area contributed by atoms with Gasteiger partial charge in [0.25, 0.3) is 0 Å². The summed E-state index contributed by atoms with van der Waals surface area (Å²) in [5.41, 5.74) is 1.23. The number of carbonyl (C=O) groups is 1. The molecule has 1 amide bonds. The molecule has 3 nitrogen and oxygen atoms in total. The summed E-state index contributed by atoms with van der Waals surface area (Å²) in [6.45, 7) is 6.69. The third-order valence-electron chi connectivity index (χ3n) is 2.26. The molecule has 0 spiro atoms. The van der Waals surface area contributed by atoms with Gasteiger partial charge in [-0.3, -0.25) is 4.79 Å². The molecule has 15 heavy (non-hydrogen) atoms. The van der Waals surface area contributed by atoms with E-state index in [2.05, 4.69) is 6.58 Å². The second kappa shape index (κ2) is 9.46. The summed E-state index contributed by atoms with van der Waals surface area (Å²) in [6.07, 6.45) is 7.77. The van der Waals surface area contributed by atoms with Crippen LogP contribution in [0.4, 0.5) is 0 Å². The first-order valence-corrected chi connectivity index (χ1v) is 5.33. The molecule has 0 bridgehead atoms. The Kier molecular flexibility index (Phi) is 8.78. The quantitative estimate of drug-likeness (QED) is 0.358. The molecule has 0 aromatic carbocycles. The SMILES string of the molecule is C=CCCC/C(=C\C)CN(C=O)CCO. The van der Waals surface area contributed by atoms with Crippen LogP contribution in [0, 0.1) is 0 Å². The second-order valence-corrected chi connectivity index (χ2v) is 3.43. The number of rotatable bonds is 9. The van der Waals surface area contributed by atoms with Crippen LogP contribution in [0.25, 0.3) is 0 Å². The first-order valence-electron chi connectivity index (χ1n) is 5.33. The molecule has 1 N–H and O–H groups in total. The van der Waals surface area contributed by atoms with Gasteiger partial charge in [0.1, 0.15) is 0 Å². The molecule has 0 radical (unpaired) electrons. The van der Waals surface area contributed by atoms with Crippen molar-refractivity contribution in [2.45, 2.75) is 26.2 Å². The summed E-state index contributed by atoms with van der Waals surface area (Å²) in [5.74, 6) is 0. The Hall–Kier alpha value is -1.09. The van der Waals surface area contributed by atoms with Crippen LogP contribution in [0.5, 0.6) is 0 Å². The summed E-state index contributed by atoms with van der Waals surface area (Å²) in [6, 6.07) is 0. The molecule has 0 aromatic rings. The maximum absolute atomic E-state index is 10.6. The van der Waals surface area contributed by atoms with Crippen LogP contribution in [-0.2, 0) is 4.79 Å². The highest BCUT2D eigenvalue weighted by Crippen LogP contribution is 2.08. The lowest BCUT2D eigenvalue weighted by molar-refractivity contribution is -0.118. The summed E-state index contributed by atoms with van der Waals surface area (Å²) < 4.78 is 0. The van der Waals surface area contributed by atoms with Gasteiger partial charge in [-0.05, 0) is 26.2 Å². The highest BCUT2D eigenvalue weighted by atomic mass is 16.3. The zero-order valence-electron chi connectivity index (χ0n) is 9.48. The van der Waals surface area contributed by atoms with E-state index in [1.807, 2.05) is 19.1 Å². The molecule has 0 saturated heterocycles. The van der Waals surface area contributed by atoms with Crippen LogP contribution >= 0.6 is 0 Å². The standard InChI is InChI=1S/C12H21NO2/c1-3-5-6-7-12(4-2)10-13(11-15)8-9-14/h3-4,11,14H,1,5-10H2,2H3/b12-4+.